The maximum Gasteiger partial charge on any atom is 0.305 e. The van der Waals surface area contributed by atoms with Crippen molar-refractivity contribution in [1.82, 2.24) is 0 Å². The largest absolute Gasteiger partial charge is 0.466 e. The van der Waals surface area contributed by atoms with Gasteiger partial charge in [-0.3, -0.25) is 4.79 Å². The van der Waals surface area contributed by atoms with Crippen LogP contribution in [0.3, 0.4) is 0 Å². The zero-order valence-electron chi connectivity index (χ0n) is 14.8. The molecule has 0 amide bonds. The standard InChI is InChI=1S/C19H38O2/c1-4-18(3)16-14-12-10-8-6-7-9-11-13-15-17-19(20)21-5-2/h18H,4-17H2,1-3H3. The lowest BCUT2D eigenvalue weighted by Gasteiger charge is -2.07. The third kappa shape index (κ3) is 15.7. The first-order valence-electron chi connectivity index (χ1n) is 9.36. The highest BCUT2D eigenvalue weighted by atomic mass is 16.5. The van der Waals surface area contributed by atoms with Crippen LogP contribution in [0.5, 0.6) is 0 Å². The van der Waals surface area contributed by atoms with E-state index in [0.29, 0.717) is 13.0 Å². The summed E-state index contributed by atoms with van der Waals surface area (Å²) in [5.41, 5.74) is 0. The van der Waals surface area contributed by atoms with Gasteiger partial charge in [0.1, 0.15) is 0 Å². The van der Waals surface area contributed by atoms with Crippen LogP contribution in [0, 0.1) is 5.92 Å². The Balaban J connectivity index is 3.07. The van der Waals surface area contributed by atoms with E-state index in [1.807, 2.05) is 6.92 Å². The molecule has 0 heterocycles. The first-order valence-corrected chi connectivity index (χ1v) is 9.36. The Bertz CT molecular complexity index is 226. The SMILES string of the molecule is CCOC(=O)CCCCCCCCCCCCC(C)CC. The van der Waals surface area contributed by atoms with E-state index in [1.54, 1.807) is 0 Å². The maximum atomic E-state index is 11.1. The van der Waals surface area contributed by atoms with Crippen LogP contribution >= 0.6 is 0 Å². The predicted molar refractivity (Wildman–Crippen MR) is 91.5 cm³/mol. The average Bonchev–Trinajstić information content (AvgIpc) is 2.48. The van der Waals surface area contributed by atoms with Gasteiger partial charge in [-0.2, -0.15) is 0 Å². The van der Waals surface area contributed by atoms with Crippen molar-refractivity contribution in [3.8, 4) is 0 Å². The Morgan fingerprint density at radius 2 is 1.29 bits per heavy atom. The summed E-state index contributed by atoms with van der Waals surface area (Å²) in [6.07, 6.45) is 16.5. The molecule has 0 bridgehead atoms. The molecule has 0 aromatic heterocycles. The van der Waals surface area contributed by atoms with Crippen molar-refractivity contribution in [3.05, 3.63) is 0 Å². The van der Waals surface area contributed by atoms with Crippen LogP contribution in [0.15, 0.2) is 0 Å². The van der Waals surface area contributed by atoms with Crippen LogP contribution in [0.4, 0.5) is 0 Å². The quantitative estimate of drug-likeness (QED) is 0.263. The van der Waals surface area contributed by atoms with Crippen molar-refractivity contribution in [2.24, 2.45) is 5.92 Å². The third-order valence-electron chi connectivity index (χ3n) is 4.33. The van der Waals surface area contributed by atoms with E-state index in [1.165, 1.54) is 70.6 Å². The molecule has 0 aliphatic rings. The molecular formula is C19H38O2. The predicted octanol–water partition coefficient (Wildman–Crippen LogP) is 6.28. The van der Waals surface area contributed by atoms with E-state index in [2.05, 4.69) is 13.8 Å². The van der Waals surface area contributed by atoms with Crippen LogP contribution in [-0.2, 0) is 9.53 Å². The molecule has 1 atom stereocenters. The van der Waals surface area contributed by atoms with Gasteiger partial charge < -0.3 is 4.74 Å². The second-order valence-corrected chi connectivity index (χ2v) is 6.39. The number of hydrogen-bond acceptors (Lipinski definition) is 2. The van der Waals surface area contributed by atoms with Crippen LogP contribution in [0.1, 0.15) is 104 Å². The van der Waals surface area contributed by atoms with Crippen molar-refractivity contribution >= 4 is 5.97 Å². The van der Waals surface area contributed by atoms with Gasteiger partial charge in [0, 0.05) is 6.42 Å². The summed E-state index contributed by atoms with van der Waals surface area (Å²) in [5.74, 6) is 0.884. The molecule has 2 nitrogen and oxygen atoms in total. The number of carbonyl (C=O) groups excluding carboxylic acids is 1. The van der Waals surface area contributed by atoms with Crippen LogP contribution in [-0.4, -0.2) is 12.6 Å². The van der Waals surface area contributed by atoms with Crippen LogP contribution in [0.2, 0.25) is 0 Å². The summed E-state index contributed by atoms with van der Waals surface area (Å²) < 4.78 is 4.92. The van der Waals surface area contributed by atoms with E-state index in [9.17, 15) is 4.79 Å². The Kier molecular flexibility index (Phi) is 15.5. The highest BCUT2D eigenvalue weighted by molar-refractivity contribution is 5.69. The number of rotatable bonds is 15. The summed E-state index contributed by atoms with van der Waals surface area (Å²) in [4.78, 5) is 11.1. The molecule has 0 rings (SSSR count). The maximum absolute atomic E-state index is 11.1. The monoisotopic (exact) mass is 298 g/mol. The van der Waals surface area contributed by atoms with Crippen molar-refractivity contribution in [2.45, 2.75) is 104 Å². The molecule has 21 heavy (non-hydrogen) atoms. The Morgan fingerprint density at radius 1 is 0.810 bits per heavy atom. The summed E-state index contributed by atoms with van der Waals surface area (Å²) in [6, 6.07) is 0. The normalized spacial score (nSPS) is 12.3. The van der Waals surface area contributed by atoms with Gasteiger partial charge in [-0.05, 0) is 19.3 Å². The van der Waals surface area contributed by atoms with Crippen molar-refractivity contribution in [1.29, 1.82) is 0 Å². The Labute approximate surface area is 133 Å². The average molecular weight is 299 g/mol. The number of hydrogen-bond donors (Lipinski definition) is 0. The lowest BCUT2D eigenvalue weighted by molar-refractivity contribution is -0.143. The fourth-order valence-corrected chi connectivity index (χ4v) is 2.61. The molecule has 2 heteroatoms. The smallest absolute Gasteiger partial charge is 0.305 e. The molecular weight excluding hydrogens is 260 g/mol. The number of esters is 1. The van der Waals surface area contributed by atoms with Gasteiger partial charge in [0.2, 0.25) is 0 Å². The third-order valence-corrected chi connectivity index (χ3v) is 4.33. The summed E-state index contributed by atoms with van der Waals surface area (Å²) >= 11 is 0. The second-order valence-electron chi connectivity index (χ2n) is 6.39. The van der Waals surface area contributed by atoms with Crippen molar-refractivity contribution in [3.63, 3.8) is 0 Å². The zero-order chi connectivity index (χ0) is 15.8. The first-order chi connectivity index (χ1) is 10.2. The van der Waals surface area contributed by atoms with E-state index in [4.69, 9.17) is 4.74 Å². The minimum atomic E-state index is -0.0325. The van der Waals surface area contributed by atoms with Gasteiger partial charge >= 0.3 is 5.97 Å². The molecule has 0 fully saturated rings. The minimum Gasteiger partial charge on any atom is -0.466 e. The highest BCUT2D eigenvalue weighted by Crippen LogP contribution is 2.15. The topological polar surface area (TPSA) is 26.3 Å². The van der Waals surface area contributed by atoms with E-state index in [-0.39, 0.29) is 5.97 Å². The molecule has 1 unspecified atom stereocenters. The first kappa shape index (κ1) is 20.5. The molecule has 0 aromatic rings. The summed E-state index contributed by atoms with van der Waals surface area (Å²) in [6.45, 7) is 7.03. The fourth-order valence-electron chi connectivity index (χ4n) is 2.61. The van der Waals surface area contributed by atoms with Crippen molar-refractivity contribution in [2.75, 3.05) is 6.61 Å². The lowest BCUT2D eigenvalue weighted by Crippen LogP contribution is -2.03. The Hall–Kier alpha value is -0.530. The number of ether oxygens (including phenoxy) is 1. The molecule has 0 saturated heterocycles. The number of carbonyl (C=O) groups is 1. The molecule has 0 spiro atoms. The molecule has 126 valence electrons. The van der Waals surface area contributed by atoms with Crippen LogP contribution < -0.4 is 0 Å². The van der Waals surface area contributed by atoms with Crippen LogP contribution in [0.25, 0.3) is 0 Å². The molecule has 0 aromatic carbocycles. The van der Waals surface area contributed by atoms with Crippen molar-refractivity contribution < 1.29 is 9.53 Å². The molecule has 0 saturated carbocycles. The van der Waals surface area contributed by atoms with Gasteiger partial charge in [0.05, 0.1) is 6.61 Å². The van der Waals surface area contributed by atoms with Gasteiger partial charge in [0.15, 0.2) is 0 Å². The second kappa shape index (κ2) is 15.9. The molecule has 0 N–H and O–H groups in total. The van der Waals surface area contributed by atoms with Gasteiger partial charge in [-0.1, -0.05) is 84.5 Å². The van der Waals surface area contributed by atoms with E-state index < -0.39 is 0 Å². The Morgan fingerprint density at radius 3 is 1.76 bits per heavy atom. The van der Waals surface area contributed by atoms with Gasteiger partial charge in [-0.25, -0.2) is 0 Å². The highest BCUT2D eigenvalue weighted by Gasteiger charge is 2.01. The fraction of sp³-hybridized carbons (Fsp3) is 0.947. The van der Waals surface area contributed by atoms with E-state index >= 15 is 0 Å². The van der Waals surface area contributed by atoms with Gasteiger partial charge in [-0.15, -0.1) is 0 Å². The lowest BCUT2D eigenvalue weighted by atomic mass is 9.99. The molecule has 0 aliphatic carbocycles. The van der Waals surface area contributed by atoms with Gasteiger partial charge in [0.25, 0.3) is 0 Å². The summed E-state index contributed by atoms with van der Waals surface area (Å²) in [5, 5.41) is 0. The van der Waals surface area contributed by atoms with E-state index in [0.717, 1.165) is 12.3 Å². The number of unbranched alkanes of at least 4 members (excludes halogenated alkanes) is 9. The minimum absolute atomic E-state index is 0.0325. The molecule has 0 radical (unpaired) electrons. The zero-order valence-corrected chi connectivity index (χ0v) is 14.8. The summed E-state index contributed by atoms with van der Waals surface area (Å²) in [7, 11) is 0. The molecule has 0 aliphatic heterocycles.